The molecule has 0 aliphatic heterocycles. The molecule has 1 aliphatic carbocycles. The largest absolute Gasteiger partial charge is 0.497 e. The second-order valence-corrected chi connectivity index (χ2v) is 8.10. The van der Waals surface area contributed by atoms with Gasteiger partial charge in [-0.3, -0.25) is 9.59 Å². The van der Waals surface area contributed by atoms with Crippen LogP contribution in [0.3, 0.4) is 0 Å². The van der Waals surface area contributed by atoms with Crippen molar-refractivity contribution in [2.24, 2.45) is 0 Å². The number of nitrogens with one attached hydrogen (secondary N) is 2. The molecule has 0 spiro atoms. The summed E-state index contributed by atoms with van der Waals surface area (Å²) in [6, 6.07) is 5.20. The number of hydrogen-bond donors (Lipinski definition) is 2. The van der Waals surface area contributed by atoms with Gasteiger partial charge in [-0.25, -0.2) is 4.98 Å². The molecule has 0 fully saturated rings. The molecule has 0 radical (unpaired) electrons. The molecule has 1 aliphatic rings. The Balaban J connectivity index is 1.47. The van der Waals surface area contributed by atoms with Gasteiger partial charge in [-0.1, -0.05) is 0 Å². The zero-order valence-corrected chi connectivity index (χ0v) is 17.3. The smallest absolute Gasteiger partial charge is 0.259 e. The van der Waals surface area contributed by atoms with Crippen molar-refractivity contribution in [1.82, 2.24) is 9.97 Å². The average Bonchev–Trinajstić information content (AvgIpc) is 3.11. The molecule has 29 heavy (non-hydrogen) atoms. The third-order valence-electron chi connectivity index (χ3n) is 5.15. The van der Waals surface area contributed by atoms with E-state index in [-0.39, 0.29) is 17.9 Å². The third kappa shape index (κ3) is 3.98. The van der Waals surface area contributed by atoms with Crippen LogP contribution in [0.5, 0.6) is 11.5 Å². The van der Waals surface area contributed by atoms with Crippen LogP contribution >= 0.6 is 11.3 Å². The molecule has 2 N–H and O–H groups in total. The van der Waals surface area contributed by atoms with E-state index >= 15 is 0 Å². The Hall–Kier alpha value is -2.87. The number of aromatic nitrogens is 2. The summed E-state index contributed by atoms with van der Waals surface area (Å²) < 4.78 is 10.5. The summed E-state index contributed by atoms with van der Waals surface area (Å²) in [4.78, 5) is 34.5. The number of aryl methyl sites for hydroxylation is 3. The van der Waals surface area contributed by atoms with Crippen LogP contribution in [0.2, 0.25) is 0 Å². The Morgan fingerprint density at radius 2 is 2.07 bits per heavy atom. The van der Waals surface area contributed by atoms with Gasteiger partial charge in [0.1, 0.15) is 22.2 Å². The Morgan fingerprint density at radius 3 is 2.86 bits per heavy atom. The summed E-state index contributed by atoms with van der Waals surface area (Å²) in [7, 11) is 3.11. The molecule has 0 bridgehead atoms. The van der Waals surface area contributed by atoms with Gasteiger partial charge in [-0.05, 0) is 43.4 Å². The number of methoxy groups -OCH3 is 2. The highest BCUT2D eigenvalue weighted by Crippen LogP contribution is 2.33. The molecule has 8 heteroatoms. The van der Waals surface area contributed by atoms with Crippen LogP contribution in [0.4, 0.5) is 5.69 Å². The molecule has 4 rings (SSSR count). The highest BCUT2D eigenvalue weighted by Gasteiger charge is 2.20. The number of benzene rings is 1. The number of thiophene rings is 1. The number of amides is 1. The Kier molecular flexibility index (Phi) is 5.53. The predicted molar refractivity (Wildman–Crippen MR) is 113 cm³/mol. The van der Waals surface area contributed by atoms with E-state index in [9.17, 15) is 9.59 Å². The SMILES string of the molecule is COc1ccc(NC(=O)CCc2nc3sc4c(c3c(=O)[nH]2)CCCC4)c(OC)c1. The number of rotatable bonds is 6. The third-order valence-corrected chi connectivity index (χ3v) is 6.33. The van der Waals surface area contributed by atoms with E-state index in [4.69, 9.17) is 9.47 Å². The molecular weight excluding hydrogens is 390 g/mol. The first-order valence-corrected chi connectivity index (χ1v) is 10.5. The lowest BCUT2D eigenvalue weighted by Gasteiger charge is -2.11. The van der Waals surface area contributed by atoms with Gasteiger partial charge in [0, 0.05) is 23.8 Å². The van der Waals surface area contributed by atoms with Crippen LogP contribution in [-0.2, 0) is 24.1 Å². The number of hydrogen-bond acceptors (Lipinski definition) is 6. The van der Waals surface area contributed by atoms with Gasteiger partial charge in [0.25, 0.3) is 5.56 Å². The summed E-state index contributed by atoms with van der Waals surface area (Å²) in [5, 5.41) is 3.57. The fourth-order valence-electron chi connectivity index (χ4n) is 3.67. The maximum Gasteiger partial charge on any atom is 0.259 e. The minimum Gasteiger partial charge on any atom is -0.497 e. The second kappa shape index (κ2) is 8.24. The van der Waals surface area contributed by atoms with Gasteiger partial charge >= 0.3 is 0 Å². The van der Waals surface area contributed by atoms with Crippen molar-refractivity contribution >= 4 is 33.1 Å². The Bertz CT molecular complexity index is 1120. The van der Waals surface area contributed by atoms with E-state index in [2.05, 4.69) is 15.3 Å². The topological polar surface area (TPSA) is 93.3 Å². The van der Waals surface area contributed by atoms with Gasteiger partial charge in [-0.15, -0.1) is 11.3 Å². The van der Waals surface area contributed by atoms with E-state index < -0.39 is 0 Å². The van der Waals surface area contributed by atoms with Gasteiger partial charge < -0.3 is 19.8 Å². The minimum absolute atomic E-state index is 0.0957. The number of nitrogens with zero attached hydrogens (tertiary/aromatic N) is 1. The van der Waals surface area contributed by atoms with Gasteiger partial charge in [0.15, 0.2) is 0 Å². The molecule has 1 amide bonds. The van der Waals surface area contributed by atoms with Crippen LogP contribution in [0.15, 0.2) is 23.0 Å². The predicted octanol–water partition coefficient (Wildman–Crippen LogP) is 3.45. The van der Waals surface area contributed by atoms with Crippen molar-refractivity contribution in [1.29, 1.82) is 0 Å². The number of H-pyrrole nitrogens is 1. The number of aromatic amines is 1. The summed E-state index contributed by atoms with van der Waals surface area (Å²) >= 11 is 1.61. The standard InChI is InChI=1S/C21H23N3O4S/c1-27-12-7-8-14(15(11-12)28-2)22-18(25)10-9-17-23-20(26)19-13-5-3-4-6-16(13)29-21(19)24-17/h7-8,11H,3-6,9-10H2,1-2H3,(H,22,25)(H,23,24,26). The molecule has 0 atom stereocenters. The van der Waals surface area contributed by atoms with Crippen LogP contribution in [0, 0.1) is 0 Å². The van der Waals surface area contributed by atoms with E-state index in [0.717, 1.165) is 29.5 Å². The maximum atomic E-state index is 12.6. The van der Waals surface area contributed by atoms with E-state index in [0.29, 0.717) is 29.4 Å². The van der Waals surface area contributed by atoms with E-state index in [1.165, 1.54) is 24.0 Å². The lowest BCUT2D eigenvalue weighted by Crippen LogP contribution is -2.16. The number of anilines is 1. The highest BCUT2D eigenvalue weighted by atomic mass is 32.1. The van der Waals surface area contributed by atoms with Crippen LogP contribution < -0.4 is 20.3 Å². The summed E-state index contributed by atoms with van der Waals surface area (Å²) in [6.45, 7) is 0. The first-order valence-electron chi connectivity index (χ1n) is 9.64. The van der Waals surface area contributed by atoms with Crippen molar-refractivity contribution in [3.63, 3.8) is 0 Å². The van der Waals surface area contributed by atoms with E-state index in [1.54, 1.807) is 36.6 Å². The van der Waals surface area contributed by atoms with Crippen molar-refractivity contribution in [2.75, 3.05) is 19.5 Å². The number of carbonyl (C=O) groups excluding carboxylic acids is 1. The van der Waals surface area contributed by atoms with Crippen molar-refractivity contribution in [2.45, 2.75) is 38.5 Å². The van der Waals surface area contributed by atoms with Gasteiger partial charge in [0.2, 0.25) is 5.91 Å². The normalized spacial score (nSPS) is 13.2. The molecule has 0 unspecified atom stereocenters. The lowest BCUT2D eigenvalue weighted by molar-refractivity contribution is -0.116. The van der Waals surface area contributed by atoms with Crippen molar-refractivity contribution in [3.8, 4) is 11.5 Å². The highest BCUT2D eigenvalue weighted by molar-refractivity contribution is 7.18. The Morgan fingerprint density at radius 1 is 1.24 bits per heavy atom. The van der Waals surface area contributed by atoms with Crippen LogP contribution in [0.1, 0.15) is 35.5 Å². The van der Waals surface area contributed by atoms with Gasteiger partial charge in [0.05, 0.1) is 25.3 Å². The summed E-state index contributed by atoms with van der Waals surface area (Å²) in [6.07, 6.45) is 4.82. The Labute approximate surface area is 172 Å². The fraction of sp³-hybridized carbons (Fsp3) is 0.381. The molecule has 2 aromatic heterocycles. The number of carbonyl (C=O) groups is 1. The first-order chi connectivity index (χ1) is 14.1. The van der Waals surface area contributed by atoms with Crippen LogP contribution in [0.25, 0.3) is 10.2 Å². The molecule has 0 saturated carbocycles. The summed E-state index contributed by atoms with van der Waals surface area (Å²) in [5.41, 5.74) is 1.64. The molecule has 7 nitrogen and oxygen atoms in total. The number of fused-ring (bicyclic) bond motifs is 3. The quantitative estimate of drug-likeness (QED) is 0.646. The summed E-state index contributed by atoms with van der Waals surface area (Å²) in [5.74, 6) is 1.53. The minimum atomic E-state index is -0.179. The molecule has 3 aromatic rings. The van der Waals surface area contributed by atoms with Crippen molar-refractivity contribution in [3.05, 3.63) is 44.8 Å². The molecule has 1 aromatic carbocycles. The molecule has 0 saturated heterocycles. The number of ether oxygens (including phenoxy) is 2. The van der Waals surface area contributed by atoms with Crippen molar-refractivity contribution < 1.29 is 14.3 Å². The average molecular weight is 413 g/mol. The lowest BCUT2D eigenvalue weighted by atomic mass is 9.97. The maximum absolute atomic E-state index is 12.6. The molecular formula is C21H23N3O4S. The molecule has 2 heterocycles. The van der Waals surface area contributed by atoms with E-state index in [1.807, 2.05) is 0 Å². The molecule has 152 valence electrons. The first kappa shape index (κ1) is 19.4. The zero-order valence-electron chi connectivity index (χ0n) is 16.5. The van der Waals surface area contributed by atoms with Gasteiger partial charge in [-0.2, -0.15) is 0 Å². The zero-order chi connectivity index (χ0) is 20.4. The second-order valence-electron chi connectivity index (χ2n) is 7.02. The fourth-order valence-corrected chi connectivity index (χ4v) is 4.95. The monoisotopic (exact) mass is 413 g/mol. The van der Waals surface area contributed by atoms with Crippen LogP contribution in [-0.4, -0.2) is 30.1 Å².